The maximum atomic E-state index is 13.7. The normalized spacial score (nSPS) is 11.3. The summed E-state index contributed by atoms with van der Waals surface area (Å²) in [5.41, 5.74) is 0.662. The Bertz CT molecular complexity index is 1140. The average Bonchev–Trinajstić information content (AvgIpc) is 2.78. The van der Waals surface area contributed by atoms with Crippen molar-refractivity contribution < 1.29 is 28.4 Å². The van der Waals surface area contributed by atoms with E-state index in [1.165, 1.54) is 30.3 Å². The van der Waals surface area contributed by atoms with Crippen molar-refractivity contribution in [1.82, 2.24) is 0 Å². The van der Waals surface area contributed by atoms with E-state index in [4.69, 9.17) is 9.47 Å². The fraction of sp³-hybridized carbons (Fsp3) is 0.130. The van der Waals surface area contributed by atoms with Gasteiger partial charge >= 0.3 is 5.97 Å². The topological polar surface area (TPSA) is 108 Å². The van der Waals surface area contributed by atoms with Gasteiger partial charge in [-0.05, 0) is 30.7 Å². The number of hydrogen-bond acceptors (Lipinski definition) is 6. The molecule has 1 N–H and O–H groups in total. The molecule has 3 rings (SSSR count). The Kier molecular flexibility index (Phi) is 7.12. The van der Waals surface area contributed by atoms with E-state index in [2.05, 4.69) is 5.32 Å². The second-order valence-electron chi connectivity index (χ2n) is 6.77. The first kappa shape index (κ1) is 22.4. The van der Waals surface area contributed by atoms with Crippen LogP contribution < -0.4 is 10.1 Å². The molecule has 3 aromatic rings. The Hall–Kier alpha value is -4.27. The number of nitrogens with zero attached hydrogens (tertiary/aromatic N) is 1. The van der Waals surface area contributed by atoms with E-state index >= 15 is 0 Å². The van der Waals surface area contributed by atoms with Gasteiger partial charge in [-0.1, -0.05) is 48.5 Å². The van der Waals surface area contributed by atoms with Crippen LogP contribution in [0.5, 0.6) is 5.75 Å². The van der Waals surface area contributed by atoms with Crippen LogP contribution in [0.15, 0.2) is 72.8 Å². The van der Waals surface area contributed by atoms with Crippen molar-refractivity contribution in [2.45, 2.75) is 13.0 Å². The predicted octanol–water partition coefficient (Wildman–Crippen LogP) is 4.34. The largest absolute Gasteiger partial charge is 0.479 e. The van der Waals surface area contributed by atoms with Gasteiger partial charge in [0, 0.05) is 11.6 Å². The molecule has 0 aliphatic heterocycles. The minimum Gasteiger partial charge on any atom is -0.479 e. The lowest BCUT2D eigenvalue weighted by Crippen LogP contribution is -2.28. The molecule has 32 heavy (non-hydrogen) atoms. The number of rotatable bonds is 8. The third-order valence-corrected chi connectivity index (χ3v) is 4.38. The predicted molar refractivity (Wildman–Crippen MR) is 114 cm³/mol. The van der Waals surface area contributed by atoms with Gasteiger partial charge in [0.2, 0.25) is 6.10 Å². The van der Waals surface area contributed by atoms with Gasteiger partial charge in [-0.25, -0.2) is 9.18 Å². The Morgan fingerprint density at radius 3 is 2.44 bits per heavy atom. The third-order valence-electron chi connectivity index (χ3n) is 4.38. The highest BCUT2D eigenvalue weighted by Crippen LogP contribution is 2.28. The van der Waals surface area contributed by atoms with Crippen LogP contribution in [0.3, 0.4) is 0 Å². The number of aryl methyl sites for hydroxylation is 1. The molecule has 0 aliphatic carbocycles. The molecule has 3 aromatic carbocycles. The summed E-state index contributed by atoms with van der Waals surface area (Å²) in [5, 5.41) is 13.8. The molecule has 1 unspecified atom stereocenters. The lowest BCUT2D eigenvalue weighted by atomic mass is 10.1. The van der Waals surface area contributed by atoms with E-state index in [9.17, 15) is 24.1 Å². The first-order valence-corrected chi connectivity index (χ1v) is 9.53. The summed E-state index contributed by atoms with van der Waals surface area (Å²) in [6.45, 7) is 1.05. The molecule has 0 spiro atoms. The first-order valence-electron chi connectivity index (χ1n) is 9.53. The second kappa shape index (κ2) is 10.2. The first-order chi connectivity index (χ1) is 15.3. The summed E-state index contributed by atoms with van der Waals surface area (Å²) in [7, 11) is 0. The van der Waals surface area contributed by atoms with Crippen LogP contribution >= 0.6 is 0 Å². The number of para-hydroxylation sites is 1. The number of nitro benzene ring substituents is 1. The van der Waals surface area contributed by atoms with Crippen molar-refractivity contribution in [1.29, 1.82) is 0 Å². The molecular formula is C23H19FN2O6. The van der Waals surface area contributed by atoms with Crippen LogP contribution in [0.1, 0.15) is 17.2 Å². The van der Waals surface area contributed by atoms with Gasteiger partial charge in [-0.2, -0.15) is 0 Å². The zero-order chi connectivity index (χ0) is 23.1. The number of benzene rings is 3. The number of ether oxygens (including phenoxy) is 2. The van der Waals surface area contributed by atoms with Crippen LogP contribution in [-0.2, 0) is 14.3 Å². The van der Waals surface area contributed by atoms with E-state index in [0.29, 0.717) is 11.1 Å². The molecule has 0 aliphatic rings. The molecular weight excluding hydrogens is 419 g/mol. The summed E-state index contributed by atoms with van der Waals surface area (Å²) >= 11 is 0. The number of halogens is 1. The summed E-state index contributed by atoms with van der Waals surface area (Å²) in [6.07, 6.45) is -1.41. The highest BCUT2D eigenvalue weighted by molar-refractivity contribution is 5.97. The van der Waals surface area contributed by atoms with Crippen molar-refractivity contribution in [3.8, 4) is 5.75 Å². The smallest absolute Gasteiger partial charge is 0.345 e. The molecule has 0 bridgehead atoms. The molecule has 0 saturated carbocycles. The quantitative estimate of drug-likeness (QED) is 0.318. The van der Waals surface area contributed by atoms with E-state index < -0.39 is 35.3 Å². The van der Waals surface area contributed by atoms with Crippen LogP contribution in [0.2, 0.25) is 0 Å². The highest BCUT2D eigenvalue weighted by Gasteiger charge is 2.27. The molecule has 0 fully saturated rings. The summed E-state index contributed by atoms with van der Waals surface area (Å²) < 4.78 is 24.1. The number of carbonyl (C=O) groups excluding carboxylic acids is 2. The number of amides is 1. The van der Waals surface area contributed by atoms with Crippen LogP contribution in [0, 0.1) is 22.9 Å². The fourth-order valence-corrected chi connectivity index (χ4v) is 2.86. The maximum Gasteiger partial charge on any atom is 0.345 e. The average molecular weight is 438 g/mol. The Labute approximate surface area is 182 Å². The summed E-state index contributed by atoms with van der Waals surface area (Å²) in [4.78, 5) is 36.0. The van der Waals surface area contributed by atoms with Gasteiger partial charge in [0.05, 0.1) is 4.92 Å². The molecule has 8 nitrogen and oxygen atoms in total. The number of nitro groups is 1. The lowest BCUT2D eigenvalue weighted by molar-refractivity contribution is -0.384. The van der Waals surface area contributed by atoms with E-state index in [0.717, 1.165) is 0 Å². The van der Waals surface area contributed by atoms with E-state index in [-0.39, 0.29) is 17.1 Å². The molecule has 0 heterocycles. The van der Waals surface area contributed by atoms with E-state index in [1.807, 2.05) is 0 Å². The molecule has 1 atom stereocenters. The monoisotopic (exact) mass is 438 g/mol. The number of hydrogen-bond donors (Lipinski definition) is 1. The SMILES string of the molecule is Cc1ccc(NC(=O)C(OC(=O)COc2ccccc2F)c2ccccc2)c([N+](=O)[O-])c1. The van der Waals surface area contributed by atoms with Gasteiger partial charge in [-0.15, -0.1) is 0 Å². The third kappa shape index (κ3) is 5.66. The van der Waals surface area contributed by atoms with Gasteiger partial charge in [-0.3, -0.25) is 14.9 Å². The maximum absolute atomic E-state index is 13.7. The Morgan fingerprint density at radius 1 is 1.06 bits per heavy atom. The summed E-state index contributed by atoms with van der Waals surface area (Å²) in [5.74, 6) is -2.50. The standard InChI is InChI=1S/C23H19FN2O6/c1-15-11-12-18(19(13-15)26(29)30)25-23(28)22(16-7-3-2-4-8-16)32-21(27)14-31-20-10-6-5-9-17(20)24/h2-13,22H,14H2,1H3,(H,25,28). The number of nitrogens with one attached hydrogen (secondary N) is 1. The van der Waals surface area contributed by atoms with Crippen molar-refractivity contribution in [3.63, 3.8) is 0 Å². The van der Waals surface area contributed by atoms with Gasteiger partial charge in [0.15, 0.2) is 18.2 Å². The molecule has 1 amide bonds. The molecule has 9 heteroatoms. The van der Waals surface area contributed by atoms with Crippen molar-refractivity contribution in [3.05, 3.63) is 99.9 Å². The molecule has 164 valence electrons. The molecule has 0 aromatic heterocycles. The Balaban J connectivity index is 1.78. The van der Waals surface area contributed by atoms with Crippen molar-refractivity contribution in [2.75, 3.05) is 11.9 Å². The van der Waals surface area contributed by atoms with Gasteiger partial charge < -0.3 is 14.8 Å². The van der Waals surface area contributed by atoms with E-state index in [1.54, 1.807) is 49.4 Å². The van der Waals surface area contributed by atoms with Crippen molar-refractivity contribution >= 4 is 23.3 Å². The minimum absolute atomic E-state index is 0.0369. The second-order valence-corrected chi connectivity index (χ2v) is 6.77. The number of carbonyl (C=O) groups is 2. The number of anilines is 1. The molecule has 0 radical (unpaired) electrons. The van der Waals surface area contributed by atoms with Crippen molar-refractivity contribution in [2.24, 2.45) is 0 Å². The summed E-state index contributed by atoms with van der Waals surface area (Å²) in [6, 6.07) is 18.0. The Morgan fingerprint density at radius 2 is 1.75 bits per heavy atom. The van der Waals surface area contributed by atoms with Gasteiger partial charge in [0.25, 0.3) is 11.6 Å². The highest BCUT2D eigenvalue weighted by atomic mass is 19.1. The van der Waals surface area contributed by atoms with Crippen LogP contribution in [-0.4, -0.2) is 23.4 Å². The zero-order valence-corrected chi connectivity index (χ0v) is 17.0. The molecule has 0 saturated heterocycles. The van der Waals surface area contributed by atoms with Gasteiger partial charge in [0.1, 0.15) is 5.69 Å². The lowest BCUT2D eigenvalue weighted by Gasteiger charge is -2.18. The number of esters is 1. The van der Waals surface area contributed by atoms with Crippen LogP contribution in [0.4, 0.5) is 15.8 Å². The van der Waals surface area contributed by atoms with Crippen LogP contribution in [0.25, 0.3) is 0 Å². The zero-order valence-electron chi connectivity index (χ0n) is 17.0. The minimum atomic E-state index is -1.41. The fourth-order valence-electron chi connectivity index (χ4n) is 2.86.